The second-order valence-electron chi connectivity index (χ2n) is 6.58. The Morgan fingerprint density at radius 1 is 0.964 bits per heavy atom. The fourth-order valence-electron chi connectivity index (χ4n) is 3.33. The molecule has 0 spiro atoms. The number of nitrogens with zero attached hydrogens (tertiary/aromatic N) is 1. The zero-order chi connectivity index (χ0) is 19.9. The first-order chi connectivity index (χ1) is 13.6. The maximum atomic E-state index is 14.1. The first kappa shape index (κ1) is 19.6. The van der Waals surface area contributed by atoms with Crippen LogP contribution in [0.25, 0.3) is 0 Å². The van der Waals surface area contributed by atoms with E-state index in [1.807, 2.05) is 67.6 Å². The van der Waals surface area contributed by atoms with E-state index < -0.39 is 11.7 Å². The fraction of sp³-hybridized carbons (Fsp3) is 0.208. The summed E-state index contributed by atoms with van der Waals surface area (Å²) in [4.78, 5) is 15.3. The van der Waals surface area contributed by atoms with Crippen molar-refractivity contribution in [3.63, 3.8) is 0 Å². The molecule has 3 rings (SSSR count). The van der Waals surface area contributed by atoms with Crippen LogP contribution in [0, 0.1) is 5.82 Å². The van der Waals surface area contributed by atoms with E-state index in [1.165, 1.54) is 13.2 Å². The van der Waals surface area contributed by atoms with Gasteiger partial charge in [-0.3, -0.25) is 4.79 Å². The molecule has 1 amide bonds. The monoisotopic (exact) mass is 377 g/mol. The summed E-state index contributed by atoms with van der Waals surface area (Å²) < 4.78 is 19.0. The Kier molecular flexibility index (Phi) is 6.43. The van der Waals surface area contributed by atoms with Crippen LogP contribution in [-0.4, -0.2) is 24.5 Å². The predicted octanol–water partition coefficient (Wildman–Crippen LogP) is 5.01. The summed E-state index contributed by atoms with van der Waals surface area (Å²) in [7, 11) is 1.43. The number of benzene rings is 3. The lowest BCUT2D eigenvalue weighted by atomic mass is 9.90. The SMILES string of the molecule is CCN(Cc1ccc(OC)c(F)c1)C(=O)C(c1ccccc1)c1ccccc1. The van der Waals surface area contributed by atoms with Gasteiger partial charge in [-0.25, -0.2) is 4.39 Å². The number of ether oxygens (including phenoxy) is 1. The van der Waals surface area contributed by atoms with Crippen molar-refractivity contribution in [2.24, 2.45) is 0 Å². The number of likely N-dealkylation sites (N-methyl/N-ethyl adjacent to an activating group) is 1. The van der Waals surface area contributed by atoms with E-state index >= 15 is 0 Å². The van der Waals surface area contributed by atoms with Crippen molar-refractivity contribution in [3.05, 3.63) is 101 Å². The molecule has 0 N–H and O–H groups in total. The second-order valence-corrected chi connectivity index (χ2v) is 6.58. The highest BCUT2D eigenvalue weighted by Crippen LogP contribution is 2.28. The van der Waals surface area contributed by atoms with Gasteiger partial charge in [-0.2, -0.15) is 0 Å². The third-order valence-corrected chi connectivity index (χ3v) is 4.80. The molecule has 0 fully saturated rings. The van der Waals surface area contributed by atoms with E-state index in [9.17, 15) is 9.18 Å². The Balaban J connectivity index is 1.91. The van der Waals surface area contributed by atoms with Gasteiger partial charge in [0.1, 0.15) is 0 Å². The van der Waals surface area contributed by atoms with Gasteiger partial charge in [0, 0.05) is 13.1 Å². The first-order valence-electron chi connectivity index (χ1n) is 9.35. The van der Waals surface area contributed by atoms with Gasteiger partial charge >= 0.3 is 0 Å². The number of halogens is 1. The highest BCUT2D eigenvalue weighted by atomic mass is 19.1. The van der Waals surface area contributed by atoms with Crippen LogP contribution in [-0.2, 0) is 11.3 Å². The summed E-state index contributed by atoms with van der Waals surface area (Å²) in [6.07, 6.45) is 0. The number of rotatable bonds is 7. The average molecular weight is 377 g/mol. The standard InChI is InChI=1S/C24H24FNO2/c1-3-26(17-18-14-15-22(28-2)21(25)16-18)24(27)23(19-10-6-4-7-11-19)20-12-8-5-9-13-20/h4-16,23H,3,17H2,1-2H3. The lowest BCUT2D eigenvalue weighted by Crippen LogP contribution is -2.35. The summed E-state index contributed by atoms with van der Waals surface area (Å²) in [5.41, 5.74) is 2.62. The van der Waals surface area contributed by atoms with Crippen molar-refractivity contribution < 1.29 is 13.9 Å². The van der Waals surface area contributed by atoms with Crippen molar-refractivity contribution >= 4 is 5.91 Å². The maximum absolute atomic E-state index is 14.1. The van der Waals surface area contributed by atoms with Gasteiger partial charge in [0.05, 0.1) is 13.0 Å². The highest BCUT2D eigenvalue weighted by molar-refractivity contribution is 5.87. The van der Waals surface area contributed by atoms with E-state index in [0.717, 1.165) is 16.7 Å². The maximum Gasteiger partial charge on any atom is 0.234 e. The van der Waals surface area contributed by atoms with Crippen molar-refractivity contribution in [2.45, 2.75) is 19.4 Å². The molecule has 3 aromatic rings. The molecular formula is C24H24FNO2. The molecule has 0 aliphatic heterocycles. The summed E-state index contributed by atoms with van der Waals surface area (Å²) in [5, 5.41) is 0. The minimum atomic E-state index is -0.425. The van der Waals surface area contributed by atoms with Gasteiger partial charge in [-0.1, -0.05) is 66.7 Å². The molecule has 0 aromatic heterocycles. The predicted molar refractivity (Wildman–Crippen MR) is 109 cm³/mol. The van der Waals surface area contributed by atoms with Crippen LogP contribution in [0.15, 0.2) is 78.9 Å². The smallest absolute Gasteiger partial charge is 0.234 e. The van der Waals surface area contributed by atoms with Gasteiger partial charge in [-0.15, -0.1) is 0 Å². The number of methoxy groups -OCH3 is 1. The van der Waals surface area contributed by atoms with Gasteiger partial charge in [0.2, 0.25) is 5.91 Å². The molecule has 0 saturated carbocycles. The van der Waals surface area contributed by atoms with Gasteiger partial charge in [0.25, 0.3) is 0 Å². The van der Waals surface area contributed by atoms with Crippen LogP contribution >= 0.6 is 0 Å². The summed E-state index contributed by atoms with van der Waals surface area (Å²) in [6.45, 7) is 2.81. The van der Waals surface area contributed by atoms with Gasteiger partial charge in [0.15, 0.2) is 11.6 Å². The Hall–Kier alpha value is -3.14. The van der Waals surface area contributed by atoms with Crippen LogP contribution in [0.3, 0.4) is 0 Å². The van der Waals surface area contributed by atoms with E-state index in [1.54, 1.807) is 17.0 Å². The van der Waals surface area contributed by atoms with E-state index in [4.69, 9.17) is 4.74 Å². The molecule has 4 heteroatoms. The Bertz CT molecular complexity index is 873. The number of hydrogen-bond donors (Lipinski definition) is 0. The van der Waals surface area contributed by atoms with E-state index in [0.29, 0.717) is 13.1 Å². The lowest BCUT2D eigenvalue weighted by Gasteiger charge is -2.27. The topological polar surface area (TPSA) is 29.5 Å². The van der Waals surface area contributed by atoms with Crippen LogP contribution in [0.4, 0.5) is 4.39 Å². The minimum Gasteiger partial charge on any atom is -0.494 e. The van der Waals surface area contributed by atoms with Gasteiger partial charge in [-0.05, 0) is 35.7 Å². The Labute approximate surface area is 165 Å². The number of hydrogen-bond acceptors (Lipinski definition) is 2. The average Bonchev–Trinajstić information content (AvgIpc) is 2.74. The molecule has 144 valence electrons. The first-order valence-corrected chi connectivity index (χ1v) is 9.35. The third-order valence-electron chi connectivity index (χ3n) is 4.80. The molecule has 0 radical (unpaired) electrons. The molecule has 0 heterocycles. The Morgan fingerprint density at radius 2 is 1.54 bits per heavy atom. The molecule has 3 nitrogen and oxygen atoms in total. The van der Waals surface area contributed by atoms with Crippen LogP contribution < -0.4 is 4.74 Å². The lowest BCUT2D eigenvalue weighted by molar-refractivity contribution is -0.132. The normalized spacial score (nSPS) is 10.7. The summed E-state index contributed by atoms with van der Waals surface area (Å²) in [6, 6.07) is 24.3. The molecule has 0 atom stereocenters. The van der Waals surface area contributed by atoms with Crippen molar-refractivity contribution in [1.29, 1.82) is 0 Å². The number of carbonyl (C=O) groups is 1. The number of amides is 1. The van der Waals surface area contributed by atoms with Crippen molar-refractivity contribution in [2.75, 3.05) is 13.7 Å². The van der Waals surface area contributed by atoms with Crippen LogP contribution in [0.2, 0.25) is 0 Å². The molecule has 0 aliphatic carbocycles. The third kappa shape index (κ3) is 4.39. The quantitative estimate of drug-likeness (QED) is 0.579. The van der Waals surface area contributed by atoms with Crippen molar-refractivity contribution in [1.82, 2.24) is 4.90 Å². The highest BCUT2D eigenvalue weighted by Gasteiger charge is 2.27. The molecular weight excluding hydrogens is 353 g/mol. The van der Waals surface area contributed by atoms with E-state index in [2.05, 4.69) is 0 Å². The minimum absolute atomic E-state index is 0.00359. The molecule has 0 saturated heterocycles. The molecule has 0 aliphatic rings. The largest absolute Gasteiger partial charge is 0.494 e. The van der Waals surface area contributed by atoms with Crippen LogP contribution in [0.1, 0.15) is 29.5 Å². The Morgan fingerprint density at radius 3 is 2.00 bits per heavy atom. The summed E-state index contributed by atoms with van der Waals surface area (Å²) >= 11 is 0. The molecule has 3 aromatic carbocycles. The second kappa shape index (κ2) is 9.18. The number of carbonyl (C=O) groups excluding carboxylic acids is 1. The van der Waals surface area contributed by atoms with Gasteiger partial charge < -0.3 is 9.64 Å². The molecule has 0 unspecified atom stereocenters. The van der Waals surface area contributed by atoms with Crippen molar-refractivity contribution in [3.8, 4) is 5.75 Å². The summed E-state index contributed by atoms with van der Waals surface area (Å²) in [5.74, 6) is -0.627. The zero-order valence-corrected chi connectivity index (χ0v) is 16.1. The zero-order valence-electron chi connectivity index (χ0n) is 16.1. The fourth-order valence-corrected chi connectivity index (χ4v) is 3.33. The van der Waals surface area contributed by atoms with E-state index in [-0.39, 0.29) is 11.7 Å². The molecule has 28 heavy (non-hydrogen) atoms. The molecule has 0 bridgehead atoms. The van der Waals surface area contributed by atoms with Crippen LogP contribution in [0.5, 0.6) is 5.75 Å².